The minimum atomic E-state index is -3.60. The van der Waals surface area contributed by atoms with Crippen LogP contribution in [0.1, 0.15) is 31.2 Å². The largest absolute Gasteiger partial charge is 0.376 e. The van der Waals surface area contributed by atoms with E-state index in [-0.39, 0.29) is 16.9 Å². The Labute approximate surface area is 237 Å². The van der Waals surface area contributed by atoms with Crippen molar-refractivity contribution in [1.29, 1.82) is 0 Å². The third-order valence-corrected chi connectivity index (χ3v) is 10.4. The van der Waals surface area contributed by atoms with Crippen molar-refractivity contribution in [3.05, 3.63) is 71.3 Å². The van der Waals surface area contributed by atoms with Gasteiger partial charge in [0.1, 0.15) is 10.0 Å². The number of aromatic nitrogens is 2. The summed E-state index contributed by atoms with van der Waals surface area (Å²) in [5.41, 5.74) is 2.80. The quantitative estimate of drug-likeness (QED) is 0.296. The van der Waals surface area contributed by atoms with E-state index in [0.717, 1.165) is 31.4 Å². The van der Waals surface area contributed by atoms with E-state index in [1.807, 2.05) is 42.6 Å². The molecule has 11 heteroatoms. The minimum absolute atomic E-state index is 0.00328. The lowest BCUT2D eigenvalue weighted by atomic mass is 10.1. The molecular formula is C28H28N4O4S3. The molecule has 0 N–H and O–H groups in total. The topological polar surface area (TPSA) is 84.7 Å². The maximum atomic E-state index is 13.3. The predicted molar refractivity (Wildman–Crippen MR) is 156 cm³/mol. The summed E-state index contributed by atoms with van der Waals surface area (Å²) in [4.78, 5) is 15.7. The average Bonchev–Trinajstić information content (AvgIpc) is 3.76. The van der Waals surface area contributed by atoms with Crippen molar-refractivity contribution in [2.75, 3.05) is 26.2 Å². The molecule has 1 amide bonds. The number of nitrogens with zero attached hydrogens (tertiary/aromatic N) is 4. The van der Waals surface area contributed by atoms with Gasteiger partial charge in [0.05, 0.1) is 28.1 Å². The first-order valence-corrected chi connectivity index (χ1v) is 15.7. The van der Waals surface area contributed by atoms with Gasteiger partial charge in [-0.3, -0.25) is 9.69 Å². The molecular weight excluding hydrogens is 553 g/mol. The van der Waals surface area contributed by atoms with E-state index in [4.69, 9.17) is 22.1 Å². The molecule has 3 saturated heterocycles. The average molecular weight is 581 g/mol. The zero-order valence-corrected chi connectivity index (χ0v) is 23.7. The van der Waals surface area contributed by atoms with E-state index in [0.29, 0.717) is 52.3 Å². The van der Waals surface area contributed by atoms with Gasteiger partial charge in [0, 0.05) is 37.0 Å². The summed E-state index contributed by atoms with van der Waals surface area (Å²) in [6.45, 7) is 2.24. The van der Waals surface area contributed by atoms with Crippen LogP contribution in [0.2, 0.25) is 0 Å². The van der Waals surface area contributed by atoms with Crippen molar-refractivity contribution in [2.45, 2.75) is 36.7 Å². The van der Waals surface area contributed by atoms with Crippen LogP contribution < -0.4 is 0 Å². The summed E-state index contributed by atoms with van der Waals surface area (Å²) in [7, 11) is -3.60. The Morgan fingerprint density at radius 3 is 2.62 bits per heavy atom. The van der Waals surface area contributed by atoms with Crippen LogP contribution in [0.4, 0.5) is 0 Å². The highest BCUT2D eigenvalue weighted by molar-refractivity contribution is 8.26. The Bertz CT molecular complexity index is 1540. The lowest BCUT2D eigenvalue weighted by molar-refractivity contribution is -0.123. The molecule has 3 aromatic rings. The van der Waals surface area contributed by atoms with Crippen LogP contribution in [0.5, 0.6) is 0 Å². The van der Waals surface area contributed by atoms with Gasteiger partial charge in [-0.25, -0.2) is 13.1 Å². The zero-order valence-electron chi connectivity index (χ0n) is 21.2. The summed E-state index contributed by atoms with van der Waals surface area (Å²) >= 11 is 6.81. The van der Waals surface area contributed by atoms with Gasteiger partial charge in [-0.1, -0.05) is 54.3 Å². The van der Waals surface area contributed by atoms with E-state index in [1.54, 1.807) is 33.9 Å². The molecule has 1 aromatic heterocycles. The number of sulfonamides is 1. The van der Waals surface area contributed by atoms with Gasteiger partial charge in [-0.2, -0.15) is 9.40 Å². The molecule has 202 valence electrons. The molecule has 6 rings (SSSR count). The number of ether oxygens (including phenoxy) is 1. The number of hydrogen-bond acceptors (Lipinski definition) is 7. The number of carbonyl (C=O) groups excluding carboxylic acids is 1. The normalized spacial score (nSPS) is 21.5. The van der Waals surface area contributed by atoms with Crippen LogP contribution in [-0.2, 0) is 19.6 Å². The Morgan fingerprint density at radius 1 is 1.08 bits per heavy atom. The van der Waals surface area contributed by atoms with E-state index in [9.17, 15) is 13.2 Å². The Morgan fingerprint density at radius 2 is 1.87 bits per heavy atom. The Balaban J connectivity index is 1.38. The van der Waals surface area contributed by atoms with Gasteiger partial charge >= 0.3 is 0 Å². The van der Waals surface area contributed by atoms with Gasteiger partial charge in [-0.05, 0) is 56.0 Å². The maximum Gasteiger partial charge on any atom is 0.266 e. The number of thiocarbonyl (C=S) groups is 1. The van der Waals surface area contributed by atoms with E-state index in [2.05, 4.69) is 0 Å². The summed E-state index contributed by atoms with van der Waals surface area (Å²) < 4.78 is 36.1. The molecule has 4 heterocycles. The third kappa shape index (κ3) is 5.33. The van der Waals surface area contributed by atoms with Crippen molar-refractivity contribution in [1.82, 2.24) is 19.0 Å². The van der Waals surface area contributed by atoms with E-state index < -0.39 is 10.0 Å². The summed E-state index contributed by atoms with van der Waals surface area (Å²) in [6.07, 6.45) is 7.32. The van der Waals surface area contributed by atoms with Crippen molar-refractivity contribution < 1.29 is 17.9 Å². The van der Waals surface area contributed by atoms with Crippen LogP contribution >= 0.6 is 24.0 Å². The summed E-state index contributed by atoms with van der Waals surface area (Å²) in [5.74, 6) is -0.149. The lowest BCUT2D eigenvalue weighted by Gasteiger charge is -2.18. The first-order valence-electron chi connectivity index (χ1n) is 13.0. The zero-order chi connectivity index (χ0) is 27.0. The van der Waals surface area contributed by atoms with E-state index >= 15 is 0 Å². The molecule has 3 aliphatic rings. The van der Waals surface area contributed by atoms with Gasteiger partial charge in [0.15, 0.2) is 0 Å². The van der Waals surface area contributed by atoms with Gasteiger partial charge in [0.2, 0.25) is 10.0 Å². The van der Waals surface area contributed by atoms with Crippen molar-refractivity contribution in [3.63, 3.8) is 0 Å². The van der Waals surface area contributed by atoms with E-state index in [1.165, 1.54) is 16.1 Å². The number of thioether (sulfide) groups is 1. The Hall–Kier alpha value is -2.83. The van der Waals surface area contributed by atoms with Gasteiger partial charge < -0.3 is 4.74 Å². The van der Waals surface area contributed by atoms with Crippen molar-refractivity contribution in [2.24, 2.45) is 0 Å². The van der Waals surface area contributed by atoms with Crippen molar-refractivity contribution in [3.8, 4) is 16.9 Å². The maximum absolute atomic E-state index is 13.3. The SMILES string of the molecule is O=C1/C(=C/c2cn(-c3ccccc3)nc2-c2cccc(S(=O)(=O)N3CCCC3)c2)SC(=S)N1CC1CCCO1. The predicted octanol–water partition coefficient (Wildman–Crippen LogP) is 4.70. The molecule has 8 nitrogen and oxygen atoms in total. The fourth-order valence-corrected chi connectivity index (χ4v) is 7.93. The highest BCUT2D eigenvalue weighted by Gasteiger charge is 2.35. The first-order chi connectivity index (χ1) is 18.9. The lowest BCUT2D eigenvalue weighted by Crippen LogP contribution is -2.35. The van der Waals surface area contributed by atoms with Crippen LogP contribution in [0.25, 0.3) is 23.0 Å². The molecule has 0 bridgehead atoms. The smallest absolute Gasteiger partial charge is 0.266 e. The molecule has 3 aliphatic heterocycles. The fourth-order valence-electron chi connectivity index (χ4n) is 5.10. The van der Waals surface area contributed by atoms with Gasteiger partial charge in [-0.15, -0.1) is 0 Å². The molecule has 1 atom stereocenters. The summed E-state index contributed by atoms with van der Waals surface area (Å²) in [6, 6.07) is 16.6. The second kappa shape index (κ2) is 11.0. The number of carbonyl (C=O) groups is 1. The molecule has 0 spiro atoms. The standard InChI is InChI=1S/C28H28N4O4S3/c33-27-25(38-28(37)31(27)19-23-11-7-15-36-23)17-21-18-32(22-9-2-1-3-10-22)29-26(21)20-8-6-12-24(16-20)39(34,35)30-13-4-5-14-30/h1-3,6,8-10,12,16-18,23H,4-5,7,11,13-15,19H2/b25-17-. The molecule has 1 unspecified atom stereocenters. The fraction of sp³-hybridized carbons (Fsp3) is 0.321. The second-order valence-corrected chi connectivity index (χ2v) is 13.4. The Kier molecular flexibility index (Phi) is 7.43. The monoisotopic (exact) mass is 580 g/mol. The van der Waals surface area contributed by atoms with Crippen LogP contribution in [-0.4, -0.2) is 70.0 Å². The summed E-state index contributed by atoms with van der Waals surface area (Å²) in [5, 5.41) is 4.84. The molecule has 2 aromatic carbocycles. The molecule has 0 radical (unpaired) electrons. The van der Waals surface area contributed by atoms with Crippen LogP contribution in [0.3, 0.4) is 0 Å². The second-order valence-electron chi connectivity index (χ2n) is 9.78. The third-order valence-electron chi connectivity index (χ3n) is 7.14. The van der Waals surface area contributed by atoms with Crippen LogP contribution in [0.15, 0.2) is 70.6 Å². The minimum Gasteiger partial charge on any atom is -0.376 e. The highest BCUT2D eigenvalue weighted by atomic mass is 32.2. The van der Waals surface area contributed by atoms with Gasteiger partial charge in [0.25, 0.3) is 5.91 Å². The molecule has 0 aliphatic carbocycles. The highest BCUT2D eigenvalue weighted by Crippen LogP contribution is 2.36. The molecule has 0 saturated carbocycles. The number of rotatable bonds is 7. The number of hydrogen-bond donors (Lipinski definition) is 0. The molecule has 39 heavy (non-hydrogen) atoms. The van der Waals surface area contributed by atoms with Crippen LogP contribution in [0, 0.1) is 0 Å². The first kappa shape index (κ1) is 26.4. The number of benzene rings is 2. The molecule has 3 fully saturated rings. The number of para-hydroxylation sites is 1. The number of amides is 1. The van der Waals surface area contributed by atoms with Crippen molar-refractivity contribution >= 4 is 50.3 Å².